The van der Waals surface area contributed by atoms with E-state index in [2.05, 4.69) is 0 Å². The van der Waals surface area contributed by atoms with Crippen molar-refractivity contribution in [3.05, 3.63) is 0 Å². The summed E-state index contributed by atoms with van der Waals surface area (Å²) < 4.78 is 17.3. The first kappa shape index (κ1) is 34.1. The van der Waals surface area contributed by atoms with Gasteiger partial charge < -0.3 is 29.3 Å². The third-order valence-electron chi connectivity index (χ3n) is 5.90. The van der Waals surface area contributed by atoms with Gasteiger partial charge in [-0.2, -0.15) is 0 Å². The summed E-state index contributed by atoms with van der Waals surface area (Å²) in [4.78, 5) is 36.8. The van der Waals surface area contributed by atoms with Crippen LogP contribution in [-0.4, -0.2) is 78.3 Å². The summed E-state index contributed by atoms with van der Waals surface area (Å²) in [6, 6.07) is 0. The molecule has 0 aliphatic carbocycles. The Morgan fingerprint density at radius 1 is 0.778 bits per heavy atom. The number of carbonyl (C=O) groups excluding carboxylic acids is 1. The van der Waals surface area contributed by atoms with Crippen LogP contribution in [0.3, 0.4) is 0 Å². The van der Waals surface area contributed by atoms with Crippen molar-refractivity contribution < 1.29 is 38.8 Å². The standard InChI is InChI=1S/C27H51NO8/c1-8-11-23(13-25(31)32)19-35-18-22(10-3)15-28(26(33)36-27(5,6)7)14-20(4)16-34-17-21(9-2)12-24(29)30/h20-23H,8-19H2,1-7H3,(H,29,30)(H,31,32). The van der Waals surface area contributed by atoms with Gasteiger partial charge in [0.25, 0.3) is 0 Å². The van der Waals surface area contributed by atoms with Gasteiger partial charge >= 0.3 is 18.0 Å². The van der Waals surface area contributed by atoms with Crippen LogP contribution in [-0.2, 0) is 23.8 Å². The molecule has 9 nitrogen and oxygen atoms in total. The monoisotopic (exact) mass is 517 g/mol. The van der Waals surface area contributed by atoms with Gasteiger partial charge in [-0.3, -0.25) is 9.59 Å². The fraction of sp³-hybridized carbons (Fsp3) is 0.889. The number of rotatable bonds is 20. The molecule has 0 heterocycles. The molecule has 0 aliphatic heterocycles. The highest BCUT2D eigenvalue weighted by molar-refractivity contribution is 5.68. The Kier molecular flexibility index (Phi) is 17.4. The van der Waals surface area contributed by atoms with Crippen molar-refractivity contribution in [2.45, 2.75) is 92.6 Å². The molecular weight excluding hydrogens is 466 g/mol. The van der Waals surface area contributed by atoms with Crippen molar-refractivity contribution in [3.8, 4) is 0 Å². The molecule has 36 heavy (non-hydrogen) atoms. The third kappa shape index (κ3) is 17.5. The number of carbonyl (C=O) groups is 3. The highest BCUT2D eigenvalue weighted by Gasteiger charge is 2.26. The summed E-state index contributed by atoms with van der Waals surface area (Å²) >= 11 is 0. The van der Waals surface area contributed by atoms with Crippen LogP contribution in [0.5, 0.6) is 0 Å². The van der Waals surface area contributed by atoms with Crippen LogP contribution in [0, 0.1) is 23.7 Å². The predicted molar refractivity (Wildman–Crippen MR) is 139 cm³/mol. The molecule has 0 saturated heterocycles. The second kappa shape index (κ2) is 18.4. The maximum absolute atomic E-state index is 13.0. The summed E-state index contributed by atoms with van der Waals surface area (Å²) in [5.41, 5.74) is -0.622. The van der Waals surface area contributed by atoms with E-state index in [0.717, 1.165) is 25.7 Å². The van der Waals surface area contributed by atoms with E-state index in [1.54, 1.807) is 4.90 Å². The zero-order valence-electron chi connectivity index (χ0n) is 23.6. The van der Waals surface area contributed by atoms with E-state index in [4.69, 9.17) is 24.4 Å². The molecule has 0 spiro atoms. The van der Waals surface area contributed by atoms with Gasteiger partial charge in [-0.25, -0.2) is 4.79 Å². The molecule has 212 valence electrons. The summed E-state index contributed by atoms with van der Waals surface area (Å²) in [6.07, 6.45) is 3.02. The van der Waals surface area contributed by atoms with Gasteiger partial charge in [0.1, 0.15) is 5.60 Å². The molecule has 4 unspecified atom stereocenters. The lowest BCUT2D eigenvalue weighted by Crippen LogP contribution is -2.43. The van der Waals surface area contributed by atoms with E-state index in [0.29, 0.717) is 39.5 Å². The Hall–Kier alpha value is -1.87. The van der Waals surface area contributed by atoms with E-state index < -0.39 is 17.5 Å². The largest absolute Gasteiger partial charge is 0.481 e. The second-order valence-corrected chi connectivity index (χ2v) is 11.0. The van der Waals surface area contributed by atoms with Crippen LogP contribution in [0.25, 0.3) is 0 Å². The number of hydrogen-bond donors (Lipinski definition) is 2. The minimum atomic E-state index is -0.827. The Morgan fingerprint density at radius 3 is 1.78 bits per heavy atom. The zero-order chi connectivity index (χ0) is 27.7. The Balaban J connectivity index is 5.03. The van der Waals surface area contributed by atoms with Gasteiger partial charge in [-0.05, 0) is 57.3 Å². The zero-order valence-corrected chi connectivity index (χ0v) is 23.6. The summed E-state index contributed by atoms with van der Waals surface area (Å²) in [5.74, 6) is -1.58. The Bertz CT molecular complexity index is 634. The maximum atomic E-state index is 13.0. The molecule has 0 aromatic heterocycles. The van der Waals surface area contributed by atoms with Crippen LogP contribution in [0.1, 0.15) is 87.0 Å². The fourth-order valence-corrected chi connectivity index (χ4v) is 3.90. The van der Waals surface area contributed by atoms with Crippen LogP contribution in [0.4, 0.5) is 4.79 Å². The smallest absolute Gasteiger partial charge is 0.410 e. The molecule has 2 N–H and O–H groups in total. The number of nitrogens with zero attached hydrogens (tertiary/aromatic N) is 1. The Labute approximate surface area is 217 Å². The molecule has 0 rings (SSSR count). The number of carboxylic acid groups (broad SMARTS) is 2. The average molecular weight is 518 g/mol. The molecule has 0 saturated carbocycles. The number of carboxylic acids is 2. The van der Waals surface area contributed by atoms with E-state index in [9.17, 15) is 14.4 Å². The van der Waals surface area contributed by atoms with Crippen LogP contribution >= 0.6 is 0 Å². The minimum absolute atomic E-state index is 0.0165. The summed E-state index contributed by atoms with van der Waals surface area (Å²) in [7, 11) is 0. The SMILES string of the molecule is CCCC(COCC(CC)CN(CC(C)COCC(CC)CC(=O)O)C(=O)OC(C)(C)C)CC(=O)O. The molecule has 4 atom stereocenters. The van der Waals surface area contributed by atoms with Crippen molar-refractivity contribution in [2.75, 3.05) is 39.5 Å². The van der Waals surface area contributed by atoms with E-state index >= 15 is 0 Å². The topological polar surface area (TPSA) is 123 Å². The van der Waals surface area contributed by atoms with Gasteiger partial charge in [0, 0.05) is 26.3 Å². The molecule has 1 amide bonds. The molecule has 0 aliphatic rings. The van der Waals surface area contributed by atoms with Gasteiger partial charge in [0.15, 0.2) is 0 Å². The lowest BCUT2D eigenvalue weighted by Gasteiger charge is -2.32. The first-order valence-corrected chi connectivity index (χ1v) is 13.4. The predicted octanol–water partition coefficient (Wildman–Crippen LogP) is 5.31. The number of hydrogen-bond acceptors (Lipinski definition) is 6. The number of amides is 1. The van der Waals surface area contributed by atoms with Gasteiger partial charge in [-0.1, -0.05) is 40.5 Å². The van der Waals surface area contributed by atoms with Crippen molar-refractivity contribution in [1.82, 2.24) is 4.90 Å². The summed E-state index contributed by atoms with van der Waals surface area (Å²) in [6.45, 7) is 16.0. The van der Waals surface area contributed by atoms with Gasteiger partial charge in [0.05, 0.1) is 26.1 Å². The molecule has 0 aromatic carbocycles. The third-order valence-corrected chi connectivity index (χ3v) is 5.90. The van der Waals surface area contributed by atoms with Crippen molar-refractivity contribution in [3.63, 3.8) is 0 Å². The average Bonchev–Trinajstić information content (AvgIpc) is 2.75. The maximum Gasteiger partial charge on any atom is 0.410 e. The molecular formula is C27H51NO8. The quantitative estimate of drug-likeness (QED) is 0.223. The lowest BCUT2D eigenvalue weighted by atomic mass is 10.0. The first-order valence-electron chi connectivity index (χ1n) is 13.4. The number of ether oxygens (including phenoxy) is 3. The normalized spacial score (nSPS) is 15.1. The highest BCUT2D eigenvalue weighted by atomic mass is 16.6. The second-order valence-electron chi connectivity index (χ2n) is 11.0. The van der Waals surface area contributed by atoms with Crippen molar-refractivity contribution in [1.29, 1.82) is 0 Å². The van der Waals surface area contributed by atoms with Crippen LogP contribution in [0.2, 0.25) is 0 Å². The van der Waals surface area contributed by atoms with Crippen molar-refractivity contribution >= 4 is 18.0 Å². The first-order chi connectivity index (χ1) is 16.8. The van der Waals surface area contributed by atoms with Crippen molar-refractivity contribution in [2.24, 2.45) is 23.7 Å². The van der Waals surface area contributed by atoms with E-state index in [1.165, 1.54) is 0 Å². The lowest BCUT2D eigenvalue weighted by molar-refractivity contribution is -0.139. The van der Waals surface area contributed by atoms with Gasteiger partial charge in [0.2, 0.25) is 0 Å². The minimum Gasteiger partial charge on any atom is -0.481 e. The number of aliphatic carboxylic acids is 2. The van der Waals surface area contributed by atoms with E-state index in [1.807, 2.05) is 48.5 Å². The van der Waals surface area contributed by atoms with Gasteiger partial charge in [-0.15, -0.1) is 0 Å². The molecule has 0 bridgehead atoms. The molecule has 9 heteroatoms. The van der Waals surface area contributed by atoms with Crippen LogP contribution in [0.15, 0.2) is 0 Å². The van der Waals surface area contributed by atoms with E-state index in [-0.39, 0.29) is 42.6 Å². The Morgan fingerprint density at radius 2 is 1.28 bits per heavy atom. The highest BCUT2D eigenvalue weighted by Crippen LogP contribution is 2.17. The molecule has 0 aromatic rings. The molecule has 0 fully saturated rings. The summed E-state index contributed by atoms with van der Waals surface area (Å²) in [5, 5.41) is 18.1. The molecule has 0 radical (unpaired) electrons. The van der Waals surface area contributed by atoms with Crippen LogP contribution < -0.4 is 0 Å². The fourth-order valence-electron chi connectivity index (χ4n) is 3.90.